The maximum Gasteiger partial charge on any atom is 0.231 e. The van der Waals surface area contributed by atoms with Crippen molar-refractivity contribution in [3.8, 4) is 11.5 Å². The molecule has 0 saturated heterocycles. The summed E-state index contributed by atoms with van der Waals surface area (Å²) in [6.45, 7) is 3.18. The molecule has 4 nitrogen and oxygen atoms in total. The summed E-state index contributed by atoms with van der Waals surface area (Å²) in [7, 11) is 0. The number of ether oxygens (including phenoxy) is 3. The van der Waals surface area contributed by atoms with E-state index in [1.54, 1.807) is 0 Å². The average molecular weight is 277 g/mol. The monoisotopic (exact) mass is 277 g/mol. The third-order valence-electron chi connectivity index (χ3n) is 4.30. The number of fused-ring (bicyclic) bond motifs is 1. The van der Waals surface area contributed by atoms with Crippen LogP contribution in [0.15, 0.2) is 18.2 Å². The molecule has 1 aromatic rings. The fourth-order valence-electron chi connectivity index (χ4n) is 2.88. The molecule has 0 radical (unpaired) electrons. The molecule has 20 heavy (non-hydrogen) atoms. The second kappa shape index (κ2) is 6.02. The van der Waals surface area contributed by atoms with Gasteiger partial charge in [-0.25, -0.2) is 0 Å². The van der Waals surface area contributed by atoms with Crippen LogP contribution < -0.4 is 15.2 Å². The first-order chi connectivity index (χ1) is 9.72. The van der Waals surface area contributed by atoms with Crippen molar-refractivity contribution in [3.63, 3.8) is 0 Å². The Morgan fingerprint density at radius 1 is 1.20 bits per heavy atom. The van der Waals surface area contributed by atoms with Gasteiger partial charge in [-0.2, -0.15) is 0 Å². The van der Waals surface area contributed by atoms with E-state index in [1.165, 1.54) is 12.8 Å². The summed E-state index contributed by atoms with van der Waals surface area (Å²) < 4.78 is 16.7. The first-order valence-electron chi connectivity index (χ1n) is 7.49. The molecule has 1 unspecified atom stereocenters. The highest BCUT2D eigenvalue weighted by atomic mass is 16.7. The van der Waals surface area contributed by atoms with Crippen molar-refractivity contribution >= 4 is 0 Å². The Balaban J connectivity index is 1.52. The van der Waals surface area contributed by atoms with Gasteiger partial charge >= 0.3 is 0 Å². The number of hydrogen-bond acceptors (Lipinski definition) is 4. The minimum atomic E-state index is -0.108. The van der Waals surface area contributed by atoms with Crippen LogP contribution in [0.2, 0.25) is 0 Å². The lowest BCUT2D eigenvalue weighted by Crippen LogP contribution is -2.25. The Kier molecular flexibility index (Phi) is 4.13. The van der Waals surface area contributed by atoms with Crippen molar-refractivity contribution in [1.82, 2.24) is 0 Å². The molecule has 4 heteroatoms. The molecule has 0 aromatic heterocycles. The van der Waals surface area contributed by atoms with Gasteiger partial charge in [0.1, 0.15) is 0 Å². The molecule has 2 aliphatic rings. The van der Waals surface area contributed by atoms with Gasteiger partial charge in [0.2, 0.25) is 6.79 Å². The van der Waals surface area contributed by atoms with Crippen LogP contribution in [0.5, 0.6) is 11.5 Å². The van der Waals surface area contributed by atoms with Gasteiger partial charge in [-0.3, -0.25) is 0 Å². The lowest BCUT2D eigenvalue weighted by molar-refractivity contribution is 0.0126. The van der Waals surface area contributed by atoms with E-state index < -0.39 is 0 Å². The molecule has 1 atom stereocenters. The highest BCUT2D eigenvalue weighted by Gasteiger charge is 2.20. The van der Waals surface area contributed by atoms with Crippen LogP contribution in [0.4, 0.5) is 0 Å². The molecule has 1 aliphatic heterocycles. The van der Waals surface area contributed by atoms with Crippen LogP contribution in [0.1, 0.15) is 44.2 Å². The van der Waals surface area contributed by atoms with Crippen molar-refractivity contribution in [2.45, 2.75) is 44.8 Å². The summed E-state index contributed by atoms with van der Waals surface area (Å²) in [4.78, 5) is 0. The number of hydrogen-bond donors (Lipinski definition) is 1. The topological polar surface area (TPSA) is 53.7 Å². The highest BCUT2D eigenvalue weighted by molar-refractivity contribution is 5.45. The third-order valence-corrected chi connectivity index (χ3v) is 4.30. The van der Waals surface area contributed by atoms with E-state index >= 15 is 0 Å². The zero-order valence-corrected chi connectivity index (χ0v) is 12.0. The average Bonchev–Trinajstić information content (AvgIpc) is 2.93. The molecule has 0 spiro atoms. The number of nitrogens with two attached hydrogens (primary N) is 1. The molecule has 2 N–H and O–H groups in total. The predicted molar refractivity (Wildman–Crippen MR) is 76.9 cm³/mol. The number of benzene rings is 1. The highest BCUT2D eigenvalue weighted by Crippen LogP contribution is 2.34. The SMILES string of the molecule is CC1CCC(OCC(N)c2ccc3c(c2)OCO3)CC1. The largest absolute Gasteiger partial charge is 0.454 e. The van der Waals surface area contributed by atoms with E-state index in [0.717, 1.165) is 35.8 Å². The Bertz CT molecular complexity index is 455. The Labute approximate surface area is 120 Å². The van der Waals surface area contributed by atoms with Crippen molar-refractivity contribution in [2.75, 3.05) is 13.4 Å². The van der Waals surface area contributed by atoms with E-state index in [4.69, 9.17) is 19.9 Å². The van der Waals surface area contributed by atoms with E-state index in [2.05, 4.69) is 6.92 Å². The quantitative estimate of drug-likeness (QED) is 0.919. The second-order valence-corrected chi connectivity index (χ2v) is 5.93. The molecular formula is C16H23NO3. The second-order valence-electron chi connectivity index (χ2n) is 5.93. The molecule has 1 heterocycles. The van der Waals surface area contributed by atoms with Crippen LogP contribution in [0.3, 0.4) is 0 Å². The minimum Gasteiger partial charge on any atom is -0.454 e. The summed E-state index contributed by atoms with van der Waals surface area (Å²) in [5.41, 5.74) is 7.25. The Morgan fingerprint density at radius 2 is 1.95 bits per heavy atom. The Morgan fingerprint density at radius 3 is 2.75 bits per heavy atom. The molecular weight excluding hydrogens is 254 g/mol. The van der Waals surface area contributed by atoms with Gasteiger partial charge < -0.3 is 19.9 Å². The van der Waals surface area contributed by atoms with E-state index in [1.807, 2.05) is 18.2 Å². The van der Waals surface area contributed by atoms with Crippen LogP contribution in [0.25, 0.3) is 0 Å². The number of rotatable bonds is 4. The molecule has 3 rings (SSSR count). The van der Waals surface area contributed by atoms with Gasteiger partial charge in [-0.15, -0.1) is 0 Å². The smallest absolute Gasteiger partial charge is 0.231 e. The van der Waals surface area contributed by atoms with Gasteiger partial charge in [0.05, 0.1) is 18.8 Å². The molecule has 0 amide bonds. The molecule has 1 saturated carbocycles. The lowest BCUT2D eigenvalue weighted by atomic mass is 9.89. The maximum absolute atomic E-state index is 6.21. The fourth-order valence-corrected chi connectivity index (χ4v) is 2.88. The normalized spacial score (nSPS) is 26.5. The standard InChI is InChI=1S/C16H23NO3/c1-11-2-5-13(6-3-11)18-9-14(17)12-4-7-15-16(8-12)20-10-19-15/h4,7-8,11,13-14H,2-3,5-6,9-10,17H2,1H3. The van der Waals surface area contributed by atoms with Crippen molar-refractivity contribution in [1.29, 1.82) is 0 Å². The minimum absolute atomic E-state index is 0.108. The van der Waals surface area contributed by atoms with E-state index in [-0.39, 0.29) is 6.04 Å². The predicted octanol–water partition coefficient (Wildman–Crippen LogP) is 3.01. The van der Waals surface area contributed by atoms with Gasteiger partial charge in [0.25, 0.3) is 0 Å². The van der Waals surface area contributed by atoms with Gasteiger partial charge in [0.15, 0.2) is 11.5 Å². The fraction of sp³-hybridized carbons (Fsp3) is 0.625. The van der Waals surface area contributed by atoms with Crippen LogP contribution in [-0.4, -0.2) is 19.5 Å². The summed E-state index contributed by atoms with van der Waals surface area (Å²) in [5, 5.41) is 0. The summed E-state index contributed by atoms with van der Waals surface area (Å²) in [6.07, 6.45) is 5.24. The van der Waals surface area contributed by atoms with Gasteiger partial charge in [-0.1, -0.05) is 13.0 Å². The van der Waals surface area contributed by atoms with Gasteiger partial charge in [-0.05, 0) is 49.3 Å². The van der Waals surface area contributed by atoms with Crippen molar-refractivity contribution < 1.29 is 14.2 Å². The Hall–Kier alpha value is -1.26. The van der Waals surface area contributed by atoms with Crippen LogP contribution in [-0.2, 0) is 4.74 Å². The summed E-state index contributed by atoms with van der Waals surface area (Å²) in [6, 6.07) is 5.76. The zero-order valence-electron chi connectivity index (χ0n) is 12.0. The molecule has 110 valence electrons. The lowest BCUT2D eigenvalue weighted by Gasteiger charge is -2.27. The van der Waals surface area contributed by atoms with E-state index in [0.29, 0.717) is 19.5 Å². The van der Waals surface area contributed by atoms with Crippen LogP contribution in [0, 0.1) is 5.92 Å². The molecule has 1 fully saturated rings. The van der Waals surface area contributed by atoms with Crippen LogP contribution >= 0.6 is 0 Å². The van der Waals surface area contributed by atoms with Crippen molar-refractivity contribution in [3.05, 3.63) is 23.8 Å². The third kappa shape index (κ3) is 3.07. The zero-order chi connectivity index (χ0) is 13.9. The first-order valence-corrected chi connectivity index (χ1v) is 7.49. The summed E-state index contributed by atoms with van der Waals surface area (Å²) >= 11 is 0. The molecule has 1 aromatic carbocycles. The first kappa shape index (κ1) is 13.7. The van der Waals surface area contributed by atoms with E-state index in [9.17, 15) is 0 Å². The van der Waals surface area contributed by atoms with Gasteiger partial charge in [0, 0.05) is 0 Å². The molecule has 0 bridgehead atoms. The summed E-state index contributed by atoms with van der Waals surface area (Å²) in [5.74, 6) is 2.42. The molecule has 1 aliphatic carbocycles. The van der Waals surface area contributed by atoms with Crippen molar-refractivity contribution in [2.24, 2.45) is 11.7 Å². The maximum atomic E-state index is 6.21.